The summed E-state index contributed by atoms with van der Waals surface area (Å²) in [4.78, 5) is 44.7. The number of carbonyl (C=O) groups is 3. The Labute approximate surface area is 197 Å². The van der Waals surface area contributed by atoms with E-state index in [1.807, 2.05) is 41.8 Å². The van der Waals surface area contributed by atoms with Crippen LogP contribution in [-0.2, 0) is 9.59 Å². The quantitative estimate of drug-likeness (QED) is 0.711. The van der Waals surface area contributed by atoms with Crippen LogP contribution in [0.15, 0.2) is 18.2 Å². The predicted molar refractivity (Wildman–Crippen MR) is 130 cm³/mol. The molecule has 3 fully saturated rings. The molecule has 1 aliphatic carbocycles. The van der Waals surface area contributed by atoms with Crippen LogP contribution in [0.2, 0.25) is 0 Å². The molecule has 0 aromatic heterocycles. The summed E-state index contributed by atoms with van der Waals surface area (Å²) in [6.07, 6.45) is 6.90. The minimum Gasteiger partial charge on any atom is -0.367 e. The average Bonchev–Trinajstić information content (AvgIpc) is 3.52. The summed E-state index contributed by atoms with van der Waals surface area (Å²) >= 11 is 0. The second-order valence-electron chi connectivity index (χ2n) is 10.2. The van der Waals surface area contributed by atoms with E-state index in [4.69, 9.17) is 0 Å². The number of anilines is 2. The van der Waals surface area contributed by atoms with Gasteiger partial charge in [-0.2, -0.15) is 0 Å². The molecule has 1 N–H and O–H groups in total. The van der Waals surface area contributed by atoms with Crippen molar-refractivity contribution >= 4 is 29.1 Å². The number of piperazine rings is 1. The zero-order valence-electron chi connectivity index (χ0n) is 20.1. The SMILES string of the molecule is CC(C)CC(=O)Nc1ccc(N2CCN(C(=O)C3CCCC3)CC2)c(C(=O)N2CCCC2)c1. The van der Waals surface area contributed by atoms with Crippen LogP contribution in [0.1, 0.15) is 69.2 Å². The van der Waals surface area contributed by atoms with Crippen molar-refractivity contribution < 1.29 is 14.4 Å². The van der Waals surface area contributed by atoms with Gasteiger partial charge in [0, 0.05) is 63.0 Å². The second kappa shape index (κ2) is 10.6. The minimum absolute atomic E-state index is 0.0311. The second-order valence-corrected chi connectivity index (χ2v) is 10.2. The molecule has 2 saturated heterocycles. The van der Waals surface area contributed by atoms with Crippen molar-refractivity contribution in [3.05, 3.63) is 23.8 Å². The summed E-state index contributed by atoms with van der Waals surface area (Å²) in [5.74, 6) is 0.794. The molecule has 0 spiro atoms. The van der Waals surface area contributed by atoms with Crippen molar-refractivity contribution in [3.63, 3.8) is 0 Å². The zero-order chi connectivity index (χ0) is 23.4. The molecule has 0 radical (unpaired) electrons. The fourth-order valence-electron chi connectivity index (χ4n) is 5.33. The van der Waals surface area contributed by atoms with Gasteiger partial charge < -0.3 is 20.0 Å². The van der Waals surface area contributed by atoms with Crippen LogP contribution in [0.3, 0.4) is 0 Å². The van der Waals surface area contributed by atoms with E-state index in [1.165, 1.54) is 12.8 Å². The van der Waals surface area contributed by atoms with Gasteiger partial charge in [-0.1, -0.05) is 26.7 Å². The van der Waals surface area contributed by atoms with Crippen LogP contribution in [0.4, 0.5) is 11.4 Å². The van der Waals surface area contributed by atoms with Gasteiger partial charge in [0.1, 0.15) is 0 Å². The molecule has 180 valence electrons. The first-order chi connectivity index (χ1) is 15.9. The Hall–Kier alpha value is -2.57. The van der Waals surface area contributed by atoms with Gasteiger partial charge in [-0.25, -0.2) is 0 Å². The lowest BCUT2D eigenvalue weighted by Crippen LogP contribution is -2.50. The Morgan fingerprint density at radius 2 is 1.58 bits per heavy atom. The number of amides is 3. The molecule has 33 heavy (non-hydrogen) atoms. The van der Waals surface area contributed by atoms with Crippen LogP contribution < -0.4 is 10.2 Å². The Morgan fingerprint density at radius 3 is 2.21 bits per heavy atom. The summed E-state index contributed by atoms with van der Waals surface area (Å²) in [5, 5.41) is 2.96. The smallest absolute Gasteiger partial charge is 0.256 e. The maximum absolute atomic E-state index is 13.4. The third kappa shape index (κ3) is 5.68. The van der Waals surface area contributed by atoms with Gasteiger partial charge in [-0.15, -0.1) is 0 Å². The number of hydrogen-bond donors (Lipinski definition) is 1. The Bertz CT molecular complexity index is 864. The first-order valence-corrected chi connectivity index (χ1v) is 12.7. The number of nitrogens with one attached hydrogen (secondary N) is 1. The van der Waals surface area contributed by atoms with Gasteiger partial charge >= 0.3 is 0 Å². The van der Waals surface area contributed by atoms with E-state index in [-0.39, 0.29) is 23.7 Å². The molecule has 2 aliphatic heterocycles. The largest absolute Gasteiger partial charge is 0.367 e. The molecule has 3 amide bonds. The van der Waals surface area contributed by atoms with Gasteiger partial charge in [0.2, 0.25) is 11.8 Å². The van der Waals surface area contributed by atoms with Gasteiger partial charge in [0.05, 0.1) is 5.56 Å². The monoisotopic (exact) mass is 454 g/mol. The molecule has 0 atom stereocenters. The van der Waals surface area contributed by atoms with Crippen molar-refractivity contribution in [2.24, 2.45) is 11.8 Å². The summed E-state index contributed by atoms with van der Waals surface area (Å²) in [6, 6.07) is 5.69. The van der Waals surface area contributed by atoms with Crippen molar-refractivity contribution in [3.8, 4) is 0 Å². The summed E-state index contributed by atoms with van der Waals surface area (Å²) in [5.41, 5.74) is 2.22. The maximum atomic E-state index is 13.4. The molecule has 3 aliphatic rings. The molecule has 1 aromatic rings. The van der Waals surface area contributed by atoms with Crippen LogP contribution >= 0.6 is 0 Å². The lowest BCUT2D eigenvalue weighted by atomic mass is 10.1. The highest BCUT2D eigenvalue weighted by molar-refractivity contribution is 6.02. The van der Waals surface area contributed by atoms with Crippen molar-refractivity contribution in [1.82, 2.24) is 9.80 Å². The van der Waals surface area contributed by atoms with Gasteiger partial charge in [0.25, 0.3) is 5.91 Å². The van der Waals surface area contributed by atoms with Crippen LogP contribution in [0.5, 0.6) is 0 Å². The molecular formula is C26H38N4O3. The number of carbonyl (C=O) groups excluding carboxylic acids is 3. The molecule has 1 saturated carbocycles. The third-order valence-electron chi connectivity index (χ3n) is 7.13. The average molecular weight is 455 g/mol. The van der Waals surface area contributed by atoms with Crippen molar-refractivity contribution in [2.45, 2.75) is 58.8 Å². The van der Waals surface area contributed by atoms with Crippen LogP contribution in [0.25, 0.3) is 0 Å². The molecule has 1 aromatic carbocycles. The minimum atomic E-state index is -0.0311. The number of rotatable bonds is 6. The molecule has 7 nitrogen and oxygen atoms in total. The lowest BCUT2D eigenvalue weighted by Gasteiger charge is -2.38. The van der Waals surface area contributed by atoms with E-state index in [2.05, 4.69) is 10.2 Å². The summed E-state index contributed by atoms with van der Waals surface area (Å²) in [6.45, 7) is 8.43. The molecular weight excluding hydrogens is 416 g/mol. The molecule has 2 heterocycles. The molecule has 7 heteroatoms. The molecule has 4 rings (SSSR count). The van der Waals surface area contributed by atoms with E-state index in [9.17, 15) is 14.4 Å². The number of hydrogen-bond acceptors (Lipinski definition) is 4. The van der Waals surface area contributed by atoms with Gasteiger partial charge in [-0.05, 0) is 49.8 Å². The van der Waals surface area contributed by atoms with Crippen LogP contribution in [0, 0.1) is 11.8 Å². The highest BCUT2D eigenvalue weighted by Gasteiger charge is 2.31. The maximum Gasteiger partial charge on any atom is 0.256 e. The lowest BCUT2D eigenvalue weighted by molar-refractivity contribution is -0.135. The van der Waals surface area contributed by atoms with E-state index < -0.39 is 0 Å². The van der Waals surface area contributed by atoms with E-state index in [1.54, 1.807) is 0 Å². The molecule has 0 bridgehead atoms. The first kappa shape index (κ1) is 23.6. The standard InChI is InChI=1S/C26H38N4O3/c1-19(2)17-24(31)27-21-9-10-23(22(18-21)26(33)29-11-5-6-12-29)28-13-15-30(16-14-28)25(32)20-7-3-4-8-20/h9-10,18-20H,3-8,11-17H2,1-2H3,(H,27,31). The predicted octanol–water partition coefficient (Wildman–Crippen LogP) is 3.75. The highest BCUT2D eigenvalue weighted by Crippen LogP contribution is 2.30. The van der Waals surface area contributed by atoms with Gasteiger partial charge in [0.15, 0.2) is 0 Å². The summed E-state index contributed by atoms with van der Waals surface area (Å²) in [7, 11) is 0. The fraction of sp³-hybridized carbons (Fsp3) is 0.654. The van der Waals surface area contributed by atoms with E-state index in [0.29, 0.717) is 36.7 Å². The number of nitrogens with zero attached hydrogens (tertiary/aromatic N) is 3. The number of likely N-dealkylation sites (tertiary alicyclic amines) is 1. The summed E-state index contributed by atoms with van der Waals surface area (Å²) < 4.78 is 0. The molecule has 0 unspecified atom stereocenters. The Kier molecular flexibility index (Phi) is 7.56. The van der Waals surface area contributed by atoms with Crippen LogP contribution in [-0.4, -0.2) is 66.8 Å². The van der Waals surface area contributed by atoms with Crippen molar-refractivity contribution in [1.29, 1.82) is 0 Å². The third-order valence-corrected chi connectivity index (χ3v) is 7.13. The highest BCUT2D eigenvalue weighted by atomic mass is 16.2. The zero-order valence-corrected chi connectivity index (χ0v) is 20.1. The first-order valence-electron chi connectivity index (χ1n) is 12.7. The number of benzene rings is 1. The van der Waals surface area contributed by atoms with Crippen molar-refractivity contribution in [2.75, 3.05) is 49.5 Å². The Balaban J connectivity index is 1.49. The van der Waals surface area contributed by atoms with E-state index >= 15 is 0 Å². The normalized spacial score (nSPS) is 19.4. The Morgan fingerprint density at radius 1 is 0.909 bits per heavy atom. The van der Waals surface area contributed by atoms with Gasteiger partial charge in [-0.3, -0.25) is 14.4 Å². The van der Waals surface area contributed by atoms with E-state index in [0.717, 1.165) is 57.5 Å². The fourth-order valence-corrected chi connectivity index (χ4v) is 5.33. The topological polar surface area (TPSA) is 73.0 Å².